The van der Waals surface area contributed by atoms with Gasteiger partial charge < -0.3 is 21.3 Å². The highest BCUT2D eigenvalue weighted by molar-refractivity contribution is 6.37. The molecule has 0 aliphatic heterocycles. The summed E-state index contributed by atoms with van der Waals surface area (Å²) in [5.41, 5.74) is 2.71. The average Bonchev–Trinajstić information content (AvgIpc) is 2.70. The summed E-state index contributed by atoms with van der Waals surface area (Å²) in [6, 6.07) is 9.95. The maximum atomic E-state index is 12.4. The number of rotatable bonds is 4. The highest BCUT2D eigenvalue weighted by atomic mass is 35.5. The van der Waals surface area contributed by atoms with Crippen molar-refractivity contribution in [2.24, 2.45) is 0 Å². The van der Waals surface area contributed by atoms with Crippen molar-refractivity contribution in [3.63, 3.8) is 0 Å². The highest BCUT2D eigenvalue weighted by Gasteiger charge is 2.14. The van der Waals surface area contributed by atoms with E-state index in [1.807, 2.05) is 0 Å². The molecular formula is C21H17Cl4N5O2. The van der Waals surface area contributed by atoms with Crippen LogP contribution in [0.2, 0.25) is 20.1 Å². The minimum absolute atomic E-state index is 0.297. The molecule has 3 aromatic rings. The van der Waals surface area contributed by atoms with Crippen molar-refractivity contribution in [3.8, 4) is 0 Å². The summed E-state index contributed by atoms with van der Waals surface area (Å²) < 4.78 is 0. The average molecular weight is 513 g/mol. The van der Waals surface area contributed by atoms with Gasteiger partial charge in [-0.2, -0.15) is 0 Å². The van der Waals surface area contributed by atoms with Crippen LogP contribution < -0.4 is 21.3 Å². The first-order chi connectivity index (χ1) is 15.1. The minimum atomic E-state index is -0.536. The standard InChI is InChI=1S/C21H17Cl4N5O2/c1-10-18(29-20(31)27-16-5-3-12(22)7-14(16)24)9-19(11(2)26-10)30-21(32)28-17-6-4-13(23)8-15(17)25/h3-9H,1-2H3,(H2,27,29,31)(H2,28,30,32). The van der Waals surface area contributed by atoms with Crippen molar-refractivity contribution in [3.05, 3.63) is 73.9 Å². The number of aromatic nitrogens is 1. The van der Waals surface area contributed by atoms with Crippen molar-refractivity contribution >= 4 is 81.2 Å². The van der Waals surface area contributed by atoms with Gasteiger partial charge in [-0.1, -0.05) is 46.4 Å². The van der Waals surface area contributed by atoms with Crippen LogP contribution in [0.5, 0.6) is 0 Å². The fraction of sp³-hybridized carbons (Fsp3) is 0.0952. The fourth-order valence-electron chi connectivity index (χ4n) is 2.71. The number of anilines is 4. The number of amides is 4. The van der Waals surface area contributed by atoms with Gasteiger partial charge in [0.15, 0.2) is 0 Å². The number of benzene rings is 2. The molecule has 7 nitrogen and oxygen atoms in total. The number of halogens is 4. The minimum Gasteiger partial charge on any atom is -0.306 e. The first kappa shape index (κ1) is 23.9. The molecule has 0 aliphatic rings. The molecular weight excluding hydrogens is 496 g/mol. The first-order valence-corrected chi connectivity index (χ1v) is 10.7. The summed E-state index contributed by atoms with van der Waals surface area (Å²) in [5.74, 6) is 0. The van der Waals surface area contributed by atoms with Crippen LogP contribution in [-0.2, 0) is 0 Å². The molecule has 0 spiro atoms. The van der Waals surface area contributed by atoms with Crippen LogP contribution in [0.25, 0.3) is 0 Å². The maximum absolute atomic E-state index is 12.4. The number of carbonyl (C=O) groups excluding carboxylic acids is 2. The summed E-state index contributed by atoms with van der Waals surface area (Å²) in [6.45, 7) is 3.46. The van der Waals surface area contributed by atoms with Crippen LogP contribution in [-0.4, -0.2) is 17.0 Å². The van der Waals surface area contributed by atoms with Crippen molar-refractivity contribution in [2.75, 3.05) is 21.3 Å². The zero-order chi connectivity index (χ0) is 23.4. The van der Waals surface area contributed by atoms with Gasteiger partial charge in [0.2, 0.25) is 0 Å². The Labute approximate surface area is 204 Å². The smallest absolute Gasteiger partial charge is 0.306 e. The second-order valence-electron chi connectivity index (χ2n) is 6.66. The van der Waals surface area contributed by atoms with Crippen molar-refractivity contribution < 1.29 is 9.59 Å². The Kier molecular flexibility index (Phi) is 7.69. The summed E-state index contributed by atoms with van der Waals surface area (Å²) in [5, 5.41) is 12.2. The lowest BCUT2D eigenvalue weighted by Gasteiger charge is -2.15. The summed E-state index contributed by atoms with van der Waals surface area (Å²) in [4.78, 5) is 29.2. The number of hydrogen-bond donors (Lipinski definition) is 4. The first-order valence-electron chi connectivity index (χ1n) is 9.16. The van der Waals surface area contributed by atoms with E-state index in [0.717, 1.165) is 0 Å². The van der Waals surface area contributed by atoms with E-state index in [1.54, 1.807) is 44.2 Å². The van der Waals surface area contributed by atoms with Crippen LogP contribution in [0.3, 0.4) is 0 Å². The Hall–Kier alpha value is -2.71. The molecule has 0 unspecified atom stereocenters. The molecule has 0 saturated heterocycles. The van der Waals surface area contributed by atoms with Gasteiger partial charge >= 0.3 is 12.1 Å². The zero-order valence-corrected chi connectivity index (χ0v) is 19.8. The number of pyridine rings is 1. The molecule has 2 aromatic carbocycles. The second kappa shape index (κ2) is 10.3. The molecule has 1 aromatic heterocycles. The number of nitrogens with one attached hydrogen (secondary N) is 4. The van der Waals surface area contributed by atoms with Gasteiger partial charge in [-0.05, 0) is 56.3 Å². The van der Waals surface area contributed by atoms with E-state index >= 15 is 0 Å². The Morgan fingerprint density at radius 3 is 1.38 bits per heavy atom. The number of aryl methyl sites for hydroxylation is 2. The third-order valence-electron chi connectivity index (χ3n) is 4.26. The Morgan fingerprint density at radius 2 is 1.00 bits per heavy atom. The molecule has 32 heavy (non-hydrogen) atoms. The lowest BCUT2D eigenvalue weighted by Crippen LogP contribution is -2.22. The summed E-state index contributed by atoms with van der Waals surface area (Å²) in [6.07, 6.45) is 0. The predicted octanol–water partition coefficient (Wildman–Crippen LogP) is 7.60. The van der Waals surface area contributed by atoms with Gasteiger partial charge in [-0.25, -0.2) is 9.59 Å². The van der Waals surface area contributed by atoms with Crippen LogP contribution >= 0.6 is 46.4 Å². The van der Waals surface area contributed by atoms with Crippen LogP contribution in [0.15, 0.2) is 42.5 Å². The quantitative estimate of drug-likeness (QED) is 0.289. The molecule has 0 saturated carbocycles. The molecule has 11 heteroatoms. The number of carbonyl (C=O) groups is 2. The molecule has 0 radical (unpaired) electrons. The monoisotopic (exact) mass is 511 g/mol. The Bertz CT molecular complexity index is 1110. The van der Waals surface area contributed by atoms with E-state index in [4.69, 9.17) is 46.4 Å². The highest BCUT2D eigenvalue weighted by Crippen LogP contribution is 2.28. The van der Waals surface area contributed by atoms with E-state index in [9.17, 15) is 9.59 Å². The topological polar surface area (TPSA) is 95.2 Å². The van der Waals surface area contributed by atoms with Gasteiger partial charge in [-0.3, -0.25) is 4.98 Å². The van der Waals surface area contributed by atoms with Crippen molar-refractivity contribution in [2.45, 2.75) is 13.8 Å². The van der Waals surface area contributed by atoms with Crippen molar-refractivity contribution in [1.82, 2.24) is 4.98 Å². The molecule has 0 aliphatic carbocycles. The Balaban J connectivity index is 1.72. The van der Waals surface area contributed by atoms with Gasteiger partial charge in [0.1, 0.15) is 0 Å². The van der Waals surface area contributed by atoms with Gasteiger partial charge in [-0.15, -0.1) is 0 Å². The van der Waals surface area contributed by atoms with Crippen LogP contribution in [0.1, 0.15) is 11.4 Å². The molecule has 166 valence electrons. The zero-order valence-electron chi connectivity index (χ0n) is 16.8. The van der Waals surface area contributed by atoms with E-state index < -0.39 is 12.1 Å². The SMILES string of the molecule is Cc1nc(C)c(NC(=O)Nc2ccc(Cl)cc2Cl)cc1NC(=O)Nc1ccc(Cl)cc1Cl. The third-order valence-corrected chi connectivity index (χ3v) is 5.35. The number of urea groups is 2. The molecule has 3 rings (SSSR count). The summed E-state index contributed by atoms with van der Waals surface area (Å²) in [7, 11) is 0. The number of nitrogens with zero attached hydrogens (tertiary/aromatic N) is 1. The largest absolute Gasteiger partial charge is 0.323 e. The molecule has 4 amide bonds. The van der Waals surface area contributed by atoms with Crippen molar-refractivity contribution in [1.29, 1.82) is 0 Å². The van der Waals surface area contributed by atoms with Gasteiger partial charge in [0.25, 0.3) is 0 Å². The maximum Gasteiger partial charge on any atom is 0.323 e. The van der Waals surface area contributed by atoms with Gasteiger partial charge in [0, 0.05) is 10.0 Å². The summed E-state index contributed by atoms with van der Waals surface area (Å²) >= 11 is 23.9. The van der Waals surface area contributed by atoms with Gasteiger partial charge in [0.05, 0.1) is 44.2 Å². The molecule has 4 N–H and O–H groups in total. The lowest BCUT2D eigenvalue weighted by atomic mass is 10.2. The lowest BCUT2D eigenvalue weighted by molar-refractivity contribution is 0.261. The van der Waals surface area contributed by atoms with E-state index in [2.05, 4.69) is 26.3 Å². The molecule has 0 atom stereocenters. The fourth-order valence-corrected chi connectivity index (χ4v) is 3.62. The molecule has 0 fully saturated rings. The molecule has 1 heterocycles. The normalized spacial score (nSPS) is 10.4. The second-order valence-corrected chi connectivity index (χ2v) is 8.35. The number of hydrogen-bond acceptors (Lipinski definition) is 3. The van der Waals surface area contributed by atoms with E-state index in [0.29, 0.717) is 54.2 Å². The third kappa shape index (κ3) is 6.17. The van der Waals surface area contributed by atoms with Crippen LogP contribution in [0.4, 0.5) is 32.3 Å². The predicted molar refractivity (Wildman–Crippen MR) is 132 cm³/mol. The van der Waals surface area contributed by atoms with E-state index in [-0.39, 0.29) is 0 Å². The molecule has 0 bridgehead atoms. The Morgan fingerprint density at radius 1 is 0.625 bits per heavy atom. The van der Waals surface area contributed by atoms with Crippen LogP contribution in [0, 0.1) is 13.8 Å². The van der Waals surface area contributed by atoms with E-state index in [1.165, 1.54) is 12.1 Å².